The van der Waals surface area contributed by atoms with Crippen LogP contribution in [0.4, 0.5) is 0 Å². The summed E-state index contributed by atoms with van der Waals surface area (Å²) in [5, 5.41) is 0.950. The van der Waals surface area contributed by atoms with Crippen molar-refractivity contribution in [3.63, 3.8) is 0 Å². The molecule has 25 heavy (non-hydrogen) atoms. The van der Waals surface area contributed by atoms with Crippen molar-refractivity contribution in [2.45, 2.75) is 6.10 Å². The highest BCUT2D eigenvalue weighted by molar-refractivity contribution is 6.30. The van der Waals surface area contributed by atoms with Crippen LogP contribution in [0.1, 0.15) is 22.0 Å². The molecule has 0 fully saturated rings. The van der Waals surface area contributed by atoms with Gasteiger partial charge in [-0.15, -0.1) is 0 Å². The minimum absolute atomic E-state index is 0.258. The predicted octanol–water partition coefficient (Wildman–Crippen LogP) is 3.35. The van der Waals surface area contributed by atoms with Crippen LogP contribution in [0.5, 0.6) is 0 Å². The number of rotatable bonds is 4. The Bertz CT molecular complexity index is 940. The maximum absolute atomic E-state index is 12.6. The fraction of sp³-hybridized carbons (Fsp3) is 0.111. The molecule has 7 heteroatoms. The molecular weight excluding hydrogens is 344 g/mol. The van der Waals surface area contributed by atoms with Crippen molar-refractivity contribution in [2.75, 3.05) is 7.11 Å². The van der Waals surface area contributed by atoms with E-state index in [1.807, 2.05) is 0 Å². The molecule has 0 spiro atoms. The number of esters is 2. The van der Waals surface area contributed by atoms with Gasteiger partial charge in [0.25, 0.3) is 0 Å². The third-order valence-electron chi connectivity index (χ3n) is 3.55. The monoisotopic (exact) mass is 356 g/mol. The smallest absolute Gasteiger partial charge is 0.351 e. The number of nitrogens with zero attached hydrogens (tertiary/aromatic N) is 2. The van der Waals surface area contributed by atoms with E-state index in [0.29, 0.717) is 21.5 Å². The van der Waals surface area contributed by atoms with Gasteiger partial charge < -0.3 is 9.47 Å². The first-order valence-electron chi connectivity index (χ1n) is 7.33. The minimum Gasteiger partial charge on any atom is -0.466 e. The summed E-state index contributed by atoms with van der Waals surface area (Å²) in [5.41, 5.74) is 1.28. The summed E-state index contributed by atoms with van der Waals surface area (Å²) in [6, 6.07) is 9.69. The molecule has 3 rings (SSSR count). The zero-order chi connectivity index (χ0) is 17.8. The first-order chi connectivity index (χ1) is 12.1. The molecule has 0 radical (unpaired) electrons. The van der Waals surface area contributed by atoms with Crippen molar-refractivity contribution < 1.29 is 19.1 Å². The molecule has 1 aromatic carbocycles. The van der Waals surface area contributed by atoms with E-state index < -0.39 is 18.0 Å². The molecule has 6 nitrogen and oxygen atoms in total. The molecule has 0 aliphatic carbocycles. The summed E-state index contributed by atoms with van der Waals surface area (Å²) in [5.74, 6) is -1.39. The van der Waals surface area contributed by atoms with Crippen LogP contribution in [0.15, 0.2) is 55.0 Å². The van der Waals surface area contributed by atoms with Crippen LogP contribution in [-0.4, -0.2) is 29.0 Å². The average molecular weight is 357 g/mol. The molecule has 0 N–H and O–H groups in total. The van der Waals surface area contributed by atoms with Gasteiger partial charge in [0.2, 0.25) is 6.10 Å². The number of fused-ring (bicyclic) bond motifs is 1. The highest BCUT2D eigenvalue weighted by Crippen LogP contribution is 2.25. The topological polar surface area (TPSA) is 78.4 Å². The fourth-order valence-corrected chi connectivity index (χ4v) is 2.57. The second-order valence-corrected chi connectivity index (χ2v) is 5.55. The van der Waals surface area contributed by atoms with Gasteiger partial charge in [0.15, 0.2) is 0 Å². The number of methoxy groups -OCH3 is 1. The number of aromatic nitrogens is 2. The van der Waals surface area contributed by atoms with Crippen molar-refractivity contribution in [1.29, 1.82) is 0 Å². The summed E-state index contributed by atoms with van der Waals surface area (Å²) < 4.78 is 10.2. The molecule has 1 unspecified atom stereocenters. The van der Waals surface area contributed by atoms with Gasteiger partial charge in [0.05, 0.1) is 18.2 Å². The minimum atomic E-state index is -1.23. The quantitative estimate of drug-likeness (QED) is 0.667. The Morgan fingerprint density at radius 3 is 2.76 bits per heavy atom. The van der Waals surface area contributed by atoms with Crippen molar-refractivity contribution >= 4 is 34.4 Å². The van der Waals surface area contributed by atoms with E-state index >= 15 is 0 Å². The second-order valence-electron chi connectivity index (χ2n) is 5.11. The number of hydrogen-bond donors (Lipinski definition) is 0. The molecule has 0 aliphatic rings. The predicted molar refractivity (Wildman–Crippen MR) is 91.2 cm³/mol. The van der Waals surface area contributed by atoms with Gasteiger partial charge >= 0.3 is 11.9 Å². The standard InChI is InChI=1S/C18H13ClN2O4/c1-24-18(23)16(11-3-2-4-12(19)9-11)25-17(22)13-5-8-21-15-6-7-20-10-14(13)15/h2-10,16H,1H3. The lowest BCUT2D eigenvalue weighted by molar-refractivity contribution is -0.151. The van der Waals surface area contributed by atoms with Crippen molar-refractivity contribution in [3.8, 4) is 0 Å². The molecule has 3 aromatic rings. The normalized spacial score (nSPS) is 11.8. The summed E-state index contributed by atoms with van der Waals surface area (Å²) in [4.78, 5) is 32.9. The SMILES string of the molecule is COC(=O)C(OC(=O)c1ccnc2ccncc12)c1cccc(Cl)c1. The van der Waals surface area contributed by atoms with Gasteiger partial charge in [-0.1, -0.05) is 23.7 Å². The van der Waals surface area contributed by atoms with Crippen LogP contribution >= 0.6 is 11.6 Å². The van der Waals surface area contributed by atoms with Crippen molar-refractivity contribution in [1.82, 2.24) is 9.97 Å². The first kappa shape index (κ1) is 16.9. The number of carbonyl (C=O) groups is 2. The molecule has 0 amide bonds. The van der Waals surface area contributed by atoms with Crippen LogP contribution in [0.3, 0.4) is 0 Å². The molecule has 0 bridgehead atoms. The van der Waals surface area contributed by atoms with Crippen LogP contribution < -0.4 is 0 Å². The molecule has 0 saturated carbocycles. The Labute approximate surface area is 148 Å². The zero-order valence-electron chi connectivity index (χ0n) is 13.2. The Morgan fingerprint density at radius 2 is 2.00 bits per heavy atom. The van der Waals surface area contributed by atoms with E-state index in [1.54, 1.807) is 36.5 Å². The van der Waals surface area contributed by atoms with Crippen LogP contribution in [-0.2, 0) is 14.3 Å². The summed E-state index contributed by atoms with van der Waals surface area (Å²) in [6.07, 6.45) is 3.36. The number of pyridine rings is 2. The van der Waals surface area contributed by atoms with Gasteiger partial charge in [0.1, 0.15) is 0 Å². The first-order valence-corrected chi connectivity index (χ1v) is 7.71. The zero-order valence-corrected chi connectivity index (χ0v) is 13.9. The lowest BCUT2D eigenvalue weighted by Crippen LogP contribution is -2.21. The van der Waals surface area contributed by atoms with E-state index in [4.69, 9.17) is 21.1 Å². The fourth-order valence-electron chi connectivity index (χ4n) is 2.37. The summed E-state index contributed by atoms with van der Waals surface area (Å²) in [6.45, 7) is 0. The van der Waals surface area contributed by atoms with E-state index in [1.165, 1.54) is 25.6 Å². The molecule has 2 heterocycles. The third-order valence-corrected chi connectivity index (χ3v) is 3.79. The maximum atomic E-state index is 12.6. The van der Waals surface area contributed by atoms with E-state index in [9.17, 15) is 9.59 Å². The van der Waals surface area contributed by atoms with Crippen LogP contribution in [0, 0.1) is 0 Å². The van der Waals surface area contributed by atoms with E-state index in [2.05, 4.69) is 9.97 Å². The van der Waals surface area contributed by atoms with E-state index in [0.717, 1.165) is 0 Å². The highest BCUT2D eigenvalue weighted by atomic mass is 35.5. The number of benzene rings is 1. The van der Waals surface area contributed by atoms with Gasteiger partial charge in [-0.3, -0.25) is 9.97 Å². The maximum Gasteiger partial charge on any atom is 0.351 e. The van der Waals surface area contributed by atoms with Crippen LogP contribution in [0.25, 0.3) is 10.9 Å². The Kier molecular flexibility index (Phi) is 4.90. The molecule has 1 atom stereocenters. The lowest BCUT2D eigenvalue weighted by Gasteiger charge is -2.16. The molecule has 2 aromatic heterocycles. The summed E-state index contributed by atoms with van der Waals surface area (Å²) >= 11 is 5.96. The largest absolute Gasteiger partial charge is 0.466 e. The Hall–Kier alpha value is -2.99. The number of hydrogen-bond acceptors (Lipinski definition) is 6. The molecular formula is C18H13ClN2O4. The van der Waals surface area contributed by atoms with Gasteiger partial charge in [0, 0.05) is 34.6 Å². The molecule has 126 valence electrons. The van der Waals surface area contributed by atoms with Crippen molar-refractivity contribution in [3.05, 3.63) is 71.1 Å². The summed E-state index contributed by atoms with van der Waals surface area (Å²) in [7, 11) is 1.22. The Balaban J connectivity index is 1.96. The second kappa shape index (κ2) is 7.27. The van der Waals surface area contributed by atoms with Gasteiger partial charge in [-0.25, -0.2) is 9.59 Å². The van der Waals surface area contributed by atoms with Gasteiger partial charge in [-0.2, -0.15) is 0 Å². The van der Waals surface area contributed by atoms with Crippen molar-refractivity contribution in [2.24, 2.45) is 0 Å². The number of carbonyl (C=O) groups excluding carboxylic acids is 2. The van der Waals surface area contributed by atoms with E-state index in [-0.39, 0.29) is 5.56 Å². The lowest BCUT2D eigenvalue weighted by atomic mass is 10.1. The van der Waals surface area contributed by atoms with Crippen LogP contribution in [0.2, 0.25) is 5.02 Å². The third kappa shape index (κ3) is 3.59. The molecule has 0 saturated heterocycles. The number of ether oxygens (including phenoxy) is 2. The Morgan fingerprint density at radius 1 is 1.16 bits per heavy atom. The number of halogens is 1. The highest BCUT2D eigenvalue weighted by Gasteiger charge is 2.27. The molecule has 0 aliphatic heterocycles. The average Bonchev–Trinajstić information content (AvgIpc) is 2.64. The van der Waals surface area contributed by atoms with Gasteiger partial charge in [-0.05, 0) is 24.3 Å².